The van der Waals surface area contributed by atoms with E-state index in [1.54, 1.807) is 28.4 Å². The van der Waals surface area contributed by atoms with Crippen LogP contribution in [0, 0.1) is 0 Å². The number of nitrogens with zero attached hydrogens (tertiary/aromatic N) is 1. The van der Waals surface area contributed by atoms with Crippen molar-refractivity contribution in [1.29, 1.82) is 0 Å². The second-order valence-electron chi connectivity index (χ2n) is 8.63. The van der Waals surface area contributed by atoms with Crippen LogP contribution in [0.15, 0.2) is 97.2 Å². The largest absolute Gasteiger partial charge is 0.493 e. The van der Waals surface area contributed by atoms with Crippen molar-refractivity contribution >= 4 is 10.8 Å². The summed E-state index contributed by atoms with van der Waals surface area (Å²) >= 11 is 0. The quantitative estimate of drug-likeness (QED) is 0.231. The summed E-state index contributed by atoms with van der Waals surface area (Å²) in [6.45, 7) is 0. The summed E-state index contributed by atoms with van der Waals surface area (Å²) in [7, 11) is 6.60. The van der Waals surface area contributed by atoms with Crippen LogP contribution in [-0.4, -0.2) is 33.4 Å². The summed E-state index contributed by atoms with van der Waals surface area (Å²) < 4.78 is 22.4. The molecule has 5 heteroatoms. The molecule has 0 spiro atoms. The number of pyridine rings is 1. The molecular weight excluding hydrogens is 462 g/mol. The molecule has 0 aliphatic carbocycles. The number of benzene rings is 4. The van der Waals surface area contributed by atoms with Crippen molar-refractivity contribution in [1.82, 2.24) is 4.98 Å². The van der Waals surface area contributed by atoms with Gasteiger partial charge in [0.05, 0.1) is 40.1 Å². The minimum absolute atomic E-state index is 0.161. The second kappa shape index (κ2) is 10.6. The molecule has 0 amide bonds. The first-order chi connectivity index (χ1) is 18.2. The zero-order chi connectivity index (χ0) is 25.8. The molecule has 0 aliphatic rings. The molecule has 0 fully saturated rings. The maximum Gasteiger partial charge on any atom is 0.168 e. The average Bonchev–Trinajstić information content (AvgIpc) is 2.97. The van der Waals surface area contributed by atoms with E-state index < -0.39 is 0 Å². The maximum absolute atomic E-state index is 5.74. The maximum atomic E-state index is 5.74. The van der Waals surface area contributed by atoms with Gasteiger partial charge in [0.25, 0.3) is 0 Å². The van der Waals surface area contributed by atoms with Gasteiger partial charge in [-0.3, -0.25) is 4.98 Å². The van der Waals surface area contributed by atoms with Gasteiger partial charge in [0.15, 0.2) is 23.0 Å². The summed E-state index contributed by atoms with van der Waals surface area (Å²) in [5.41, 5.74) is 5.41. The Balaban J connectivity index is 1.72. The molecule has 0 aliphatic heterocycles. The van der Waals surface area contributed by atoms with Gasteiger partial charge in [-0.1, -0.05) is 60.7 Å². The smallest absolute Gasteiger partial charge is 0.168 e. The van der Waals surface area contributed by atoms with Crippen molar-refractivity contribution in [2.24, 2.45) is 0 Å². The van der Waals surface area contributed by atoms with Gasteiger partial charge in [-0.2, -0.15) is 0 Å². The van der Waals surface area contributed by atoms with E-state index >= 15 is 0 Å². The highest BCUT2D eigenvalue weighted by Gasteiger charge is 2.24. The first-order valence-electron chi connectivity index (χ1n) is 12.1. The Hall–Kier alpha value is -4.51. The zero-order valence-corrected chi connectivity index (χ0v) is 21.4. The molecule has 5 aromatic rings. The molecule has 0 radical (unpaired) electrons. The van der Waals surface area contributed by atoms with Gasteiger partial charge in [-0.15, -0.1) is 0 Å². The SMILES string of the molecule is COc1ccc(C(c2ccc(-c3ccccc3)cc2)c2nccc3c(OC)c(OC)ccc23)cc1OC. The normalized spacial score (nSPS) is 11.7. The Labute approximate surface area is 217 Å². The second-order valence-corrected chi connectivity index (χ2v) is 8.63. The Kier molecular flexibility index (Phi) is 6.95. The number of aromatic nitrogens is 1. The lowest BCUT2D eigenvalue weighted by atomic mass is 9.85. The Morgan fingerprint density at radius 3 is 1.86 bits per heavy atom. The molecule has 5 rings (SSSR count). The lowest BCUT2D eigenvalue weighted by Gasteiger charge is -2.22. The van der Waals surface area contributed by atoms with E-state index in [1.165, 1.54) is 5.56 Å². The highest BCUT2D eigenvalue weighted by Crippen LogP contribution is 2.42. The highest BCUT2D eigenvalue weighted by atomic mass is 16.5. The predicted molar refractivity (Wildman–Crippen MR) is 147 cm³/mol. The minimum Gasteiger partial charge on any atom is -0.493 e. The topological polar surface area (TPSA) is 49.8 Å². The summed E-state index contributed by atoms with van der Waals surface area (Å²) in [5, 5.41) is 1.94. The number of methoxy groups -OCH3 is 4. The first kappa shape index (κ1) is 24.2. The zero-order valence-electron chi connectivity index (χ0n) is 21.4. The van der Waals surface area contributed by atoms with E-state index in [0.717, 1.165) is 33.2 Å². The van der Waals surface area contributed by atoms with Crippen LogP contribution in [0.25, 0.3) is 21.9 Å². The van der Waals surface area contributed by atoms with Gasteiger partial charge in [-0.25, -0.2) is 0 Å². The fourth-order valence-electron chi connectivity index (χ4n) is 4.87. The van der Waals surface area contributed by atoms with Gasteiger partial charge < -0.3 is 18.9 Å². The Morgan fingerprint density at radius 1 is 0.541 bits per heavy atom. The van der Waals surface area contributed by atoms with Crippen molar-refractivity contribution in [3.8, 4) is 34.1 Å². The highest BCUT2D eigenvalue weighted by molar-refractivity contribution is 5.93. The van der Waals surface area contributed by atoms with Crippen molar-refractivity contribution < 1.29 is 18.9 Å². The van der Waals surface area contributed by atoms with Crippen molar-refractivity contribution in [3.05, 3.63) is 114 Å². The monoisotopic (exact) mass is 491 g/mol. The molecule has 0 N–H and O–H groups in total. The van der Waals surface area contributed by atoms with Crippen LogP contribution in [0.5, 0.6) is 23.0 Å². The molecule has 0 saturated heterocycles. The van der Waals surface area contributed by atoms with E-state index in [2.05, 4.69) is 54.6 Å². The molecule has 37 heavy (non-hydrogen) atoms. The van der Waals surface area contributed by atoms with Crippen LogP contribution in [0.1, 0.15) is 22.7 Å². The van der Waals surface area contributed by atoms with Crippen LogP contribution in [0.3, 0.4) is 0 Å². The molecule has 0 bridgehead atoms. The molecule has 1 atom stereocenters. The molecule has 5 nitrogen and oxygen atoms in total. The van der Waals surface area contributed by atoms with Crippen LogP contribution in [-0.2, 0) is 0 Å². The van der Waals surface area contributed by atoms with Gasteiger partial charge in [-0.05, 0) is 52.6 Å². The van der Waals surface area contributed by atoms with Gasteiger partial charge >= 0.3 is 0 Å². The number of ether oxygens (including phenoxy) is 4. The molecule has 4 aromatic carbocycles. The van der Waals surface area contributed by atoms with E-state index in [1.807, 2.05) is 42.6 Å². The van der Waals surface area contributed by atoms with Crippen molar-refractivity contribution in [2.75, 3.05) is 28.4 Å². The van der Waals surface area contributed by atoms with E-state index in [-0.39, 0.29) is 5.92 Å². The molecule has 1 heterocycles. The minimum atomic E-state index is -0.161. The van der Waals surface area contributed by atoms with Crippen LogP contribution in [0.4, 0.5) is 0 Å². The number of hydrogen-bond acceptors (Lipinski definition) is 5. The lowest BCUT2D eigenvalue weighted by Crippen LogP contribution is -2.07. The summed E-state index contributed by atoms with van der Waals surface area (Å²) in [6.07, 6.45) is 1.83. The van der Waals surface area contributed by atoms with Gasteiger partial charge in [0.2, 0.25) is 0 Å². The fraction of sp³-hybridized carbons (Fsp3) is 0.156. The Bertz CT molecular complexity index is 1510. The van der Waals surface area contributed by atoms with E-state index in [0.29, 0.717) is 23.0 Å². The van der Waals surface area contributed by atoms with Gasteiger partial charge in [0, 0.05) is 17.0 Å². The third kappa shape index (κ3) is 4.56. The average molecular weight is 492 g/mol. The van der Waals surface area contributed by atoms with Gasteiger partial charge in [0.1, 0.15) is 0 Å². The standard InChI is InChI=1S/C32H29NO4/c1-34-27-16-14-24(20-29(27)36-3)30(23-12-10-22(11-13-23)21-8-6-5-7-9-21)31-25-15-17-28(35-2)32(37-4)26(25)18-19-33-31/h5-20,30H,1-4H3. The number of hydrogen-bond donors (Lipinski definition) is 0. The van der Waals surface area contributed by atoms with E-state index in [4.69, 9.17) is 23.9 Å². The summed E-state index contributed by atoms with van der Waals surface area (Å²) in [5.74, 6) is 2.56. The van der Waals surface area contributed by atoms with Crippen LogP contribution < -0.4 is 18.9 Å². The predicted octanol–water partition coefficient (Wildman–Crippen LogP) is 7.12. The number of fused-ring (bicyclic) bond motifs is 1. The van der Waals surface area contributed by atoms with Crippen molar-refractivity contribution in [3.63, 3.8) is 0 Å². The summed E-state index contributed by atoms with van der Waals surface area (Å²) in [6, 6.07) is 31.0. The molecular formula is C32H29NO4. The third-order valence-corrected chi connectivity index (χ3v) is 6.68. The fourth-order valence-corrected chi connectivity index (χ4v) is 4.87. The molecule has 0 saturated carbocycles. The number of rotatable bonds is 8. The van der Waals surface area contributed by atoms with Crippen molar-refractivity contribution in [2.45, 2.75) is 5.92 Å². The van der Waals surface area contributed by atoms with Crippen LogP contribution in [0.2, 0.25) is 0 Å². The third-order valence-electron chi connectivity index (χ3n) is 6.68. The van der Waals surface area contributed by atoms with Crippen LogP contribution >= 0.6 is 0 Å². The first-order valence-corrected chi connectivity index (χ1v) is 12.1. The molecule has 1 aromatic heterocycles. The lowest BCUT2D eigenvalue weighted by molar-refractivity contribution is 0.354. The van der Waals surface area contributed by atoms with E-state index in [9.17, 15) is 0 Å². The Morgan fingerprint density at radius 2 is 1.19 bits per heavy atom. The molecule has 1 unspecified atom stereocenters. The summed E-state index contributed by atoms with van der Waals surface area (Å²) in [4.78, 5) is 4.90. The molecule has 186 valence electrons.